The van der Waals surface area contributed by atoms with Crippen LogP contribution in [0.3, 0.4) is 0 Å². The van der Waals surface area contributed by atoms with E-state index < -0.39 is 10.0 Å². The van der Waals surface area contributed by atoms with Crippen molar-refractivity contribution in [3.63, 3.8) is 0 Å². The molecule has 0 saturated carbocycles. The minimum absolute atomic E-state index is 0.0570. The molecular formula is C22H26N4O5S. The number of hydrogen-bond donors (Lipinski definition) is 2. The van der Waals surface area contributed by atoms with Crippen molar-refractivity contribution in [3.8, 4) is 17.1 Å². The normalized spacial score (nSPS) is 11.2. The number of aryl methyl sites for hydroxylation is 1. The minimum atomic E-state index is -3.35. The van der Waals surface area contributed by atoms with Gasteiger partial charge in [-0.1, -0.05) is 12.1 Å². The van der Waals surface area contributed by atoms with Crippen molar-refractivity contribution in [3.05, 3.63) is 54.4 Å². The van der Waals surface area contributed by atoms with Crippen molar-refractivity contribution in [2.24, 2.45) is 0 Å². The quantitative estimate of drug-likeness (QED) is 0.447. The summed E-state index contributed by atoms with van der Waals surface area (Å²) in [6.45, 7) is 4.31. The van der Waals surface area contributed by atoms with E-state index in [2.05, 4.69) is 20.2 Å². The average molecular weight is 459 g/mol. The zero-order valence-electron chi connectivity index (χ0n) is 18.0. The van der Waals surface area contributed by atoms with E-state index in [1.165, 1.54) is 0 Å². The van der Waals surface area contributed by atoms with Crippen LogP contribution < -0.4 is 14.8 Å². The maximum absolute atomic E-state index is 12.2. The summed E-state index contributed by atoms with van der Waals surface area (Å²) in [5.74, 6) is 1.42. The van der Waals surface area contributed by atoms with Gasteiger partial charge in [-0.3, -0.25) is 9.52 Å². The third kappa shape index (κ3) is 6.81. The molecule has 2 aromatic carbocycles. The highest BCUT2D eigenvalue weighted by molar-refractivity contribution is 7.92. The molecule has 0 unspecified atom stereocenters. The first kappa shape index (κ1) is 23.3. The lowest BCUT2D eigenvalue weighted by atomic mass is 10.2. The predicted molar refractivity (Wildman–Crippen MR) is 122 cm³/mol. The summed E-state index contributed by atoms with van der Waals surface area (Å²) in [5.41, 5.74) is 1.81. The molecule has 0 aliphatic rings. The molecular weight excluding hydrogens is 432 g/mol. The van der Waals surface area contributed by atoms with Crippen LogP contribution in [0.4, 0.5) is 11.4 Å². The van der Waals surface area contributed by atoms with Gasteiger partial charge in [0.15, 0.2) is 0 Å². The molecule has 0 aliphatic heterocycles. The Kier molecular flexibility index (Phi) is 7.82. The van der Waals surface area contributed by atoms with E-state index in [0.717, 1.165) is 11.3 Å². The SMILES string of the molecule is CCCS(=O)(=O)Nc1ccc(NC(=O)CCc2nc(-c3ccc(OCC)cc3)no2)cc1. The fourth-order valence-corrected chi connectivity index (χ4v) is 4.04. The van der Waals surface area contributed by atoms with Crippen molar-refractivity contribution >= 4 is 27.3 Å². The summed E-state index contributed by atoms with van der Waals surface area (Å²) in [4.78, 5) is 16.6. The Morgan fingerprint density at radius 1 is 1.03 bits per heavy atom. The Morgan fingerprint density at radius 2 is 1.72 bits per heavy atom. The summed E-state index contributed by atoms with van der Waals surface area (Å²) in [7, 11) is -3.35. The second-order valence-corrected chi connectivity index (χ2v) is 8.86. The number of hydrogen-bond acceptors (Lipinski definition) is 7. The number of ether oxygens (including phenoxy) is 1. The van der Waals surface area contributed by atoms with Crippen LogP contribution in [0.1, 0.15) is 32.6 Å². The van der Waals surface area contributed by atoms with Gasteiger partial charge in [-0.15, -0.1) is 0 Å². The van der Waals surface area contributed by atoms with Gasteiger partial charge < -0.3 is 14.6 Å². The standard InChI is InChI=1S/C22H26N4O5S/c1-3-15-32(28,29)26-18-9-7-17(8-10-18)23-20(27)13-14-21-24-22(25-31-21)16-5-11-19(12-6-16)30-4-2/h5-12,26H,3-4,13-15H2,1-2H3,(H,23,27). The van der Waals surface area contributed by atoms with Crippen molar-refractivity contribution in [2.45, 2.75) is 33.1 Å². The zero-order chi connectivity index (χ0) is 23.0. The van der Waals surface area contributed by atoms with Crippen LogP contribution in [0, 0.1) is 0 Å². The summed E-state index contributed by atoms with van der Waals surface area (Å²) in [6, 6.07) is 13.8. The number of rotatable bonds is 11. The van der Waals surface area contributed by atoms with E-state index in [1.54, 1.807) is 31.2 Å². The fourth-order valence-electron chi connectivity index (χ4n) is 2.91. The van der Waals surface area contributed by atoms with E-state index in [9.17, 15) is 13.2 Å². The molecule has 1 heterocycles. The van der Waals surface area contributed by atoms with Crippen LogP contribution in [-0.4, -0.2) is 36.8 Å². The Balaban J connectivity index is 1.50. The molecule has 9 nitrogen and oxygen atoms in total. The lowest BCUT2D eigenvalue weighted by molar-refractivity contribution is -0.116. The maximum Gasteiger partial charge on any atom is 0.232 e. The van der Waals surface area contributed by atoms with Gasteiger partial charge in [-0.05, 0) is 61.9 Å². The second-order valence-electron chi connectivity index (χ2n) is 7.02. The van der Waals surface area contributed by atoms with Gasteiger partial charge in [0.05, 0.1) is 12.4 Å². The van der Waals surface area contributed by atoms with Gasteiger partial charge in [0.1, 0.15) is 5.75 Å². The highest BCUT2D eigenvalue weighted by Crippen LogP contribution is 2.20. The Hall–Kier alpha value is -3.40. The first-order valence-electron chi connectivity index (χ1n) is 10.3. The molecule has 1 amide bonds. The zero-order valence-corrected chi connectivity index (χ0v) is 18.8. The van der Waals surface area contributed by atoms with E-state index in [4.69, 9.17) is 9.26 Å². The van der Waals surface area contributed by atoms with E-state index in [0.29, 0.717) is 42.5 Å². The Morgan fingerprint density at radius 3 is 2.38 bits per heavy atom. The van der Waals surface area contributed by atoms with E-state index >= 15 is 0 Å². The molecule has 0 aliphatic carbocycles. The molecule has 170 valence electrons. The van der Waals surface area contributed by atoms with Crippen molar-refractivity contribution in [1.82, 2.24) is 10.1 Å². The van der Waals surface area contributed by atoms with Gasteiger partial charge in [-0.2, -0.15) is 4.98 Å². The van der Waals surface area contributed by atoms with E-state index in [1.807, 2.05) is 31.2 Å². The van der Waals surface area contributed by atoms with Gasteiger partial charge in [0, 0.05) is 29.8 Å². The monoisotopic (exact) mass is 458 g/mol. The Bertz CT molecular complexity index is 1130. The predicted octanol–water partition coefficient (Wildman–Crippen LogP) is 3.86. The summed E-state index contributed by atoms with van der Waals surface area (Å²) in [5, 5.41) is 6.73. The highest BCUT2D eigenvalue weighted by atomic mass is 32.2. The van der Waals surface area contributed by atoms with Gasteiger partial charge in [-0.25, -0.2) is 8.42 Å². The lowest BCUT2D eigenvalue weighted by Crippen LogP contribution is -2.16. The van der Waals surface area contributed by atoms with Gasteiger partial charge >= 0.3 is 0 Å². The molecule has 3 aromatic rings. The second kappa shape index (κ2) is 10.8. The summed E-state index contributed by atoms with van der Waals surface area (Å²) in [6.07, 6.45) is 0.992. The molecule has 0 fully saturated rings. The van der Waals surface area contributed by atoms with Crippen LogP contribution in [0.15, 0.2) is 53.1 Å². The van der Waals surface area contributed by atoms with Gasteiger partial charge in [0.2, 0.25) is 27.6 Å². The summed E-state index contributed by atoms with van der Waals surface area (Å²) >= 11 is 0. The molecule has 0 bridgehead atoms. The molecule has 32 heavy (non-hydrogen) atoms. The van der Waals surface area contributed by atoms with Crippen LogP contribution in [0.25, 0.3) is 11.4 Å². The van der Waals surface area contributed by atoms with Gasteiger partial charge in [0.25, 0.3) is 0 Å². The smallest absolute Gasteiger partial charge is 0.232 e. The highest BCUT2D eigenvalue weighted by Gasteiger charge is 2.12. The van der Waals surface area contributed by atoms with Crippen LogP contribution in [0.2, 0.25) is 0 Å². The van der Waals surface area contributed by atoms with Crippen molar-refractivity contribution in [2.75, 3.05) is 22.4 Å². The summed E-state index contributed by atoms with van der Waals surface area (Å²) < 4.78 is 36.8. The number of nitrogens with zero attached hydrogens (tertiary/aromatic N) is 2. The fraction of sp³-hybridized carbons (Fsp3) is 0.318. The van der Waals surface area contributed by atoms with Crippen LogP contribution >= 0.6 is 0 Å². The first-order valence-corrected chi connectivity index (χ1v) is 12.0. The van der Waals surface area contributed by atoms with Crippen LogP contribution in [0.5, 0.6) is 5.75 Å². The largest absolute Gasteiger partial charge is 0.494 e. The number of carbonyl (C=O) groups is 1. The number of aromatic nitrogens is 2. The lowest BCUT2D eigenvalue weighted by Gasteiger charge is -2.08. The third-order valence-electron chi connectivity index (χ3n) is 4.37. The third-order valence-corrected chi connectivity index (χ3v) is 5.86. The number of anilines is 2. The Labute approximate surface area is 187 Å². The molecule has 0 radical (unpaired) electrons. The number of nitrogens with one attached hydrogen (secondary N) is 2. The number of carbonyl (C=O) groups excluding carboxylic acids is 1. The van der Waals surface area contributed by atoms with Crippen molar-refractivity contribution < 1.29 is 22.5 Å². The minimum Gasteiger partial charge on any atom is -0.494 e. The molecule has 0 atom stereocenters. The van der Waals surface area contributed by atoms with Crippen LogP contribution in [-0.2, 0) is 21.2 Å². The molecule has 1 aromatic heterocycles. The van der Waals surface area contributed by atoms with Crippen molar-refractivity contribution in [1.29, 1.82) is 0 Å². The first-order chi connectivity index (χ1) is 15.4. The topological polar surface area (TPSA) is 123 Å². The number of benzene rings is 2. The molecule has 0 spiro atoms. The van der Waals surface area contributed by atoms with E-state index in [-0.39, 0.29) is 18.1 Å². The molecule has 2 N–H and O–H groups in total. The number of sulfonamides is 1. The number of amides is 1. The molecule has 10 heteroatoms. The average Bonchev–Trinajstić information content (AvgIpc) is 3.23. The molecule has 0 saturated heterocycles. The molecule has 3 rings (SSSR count). The maximum atomic E-state index is 12.2.